The molecule has 0 saturated carbocycles. The van der Waals surface area contributed by atoms with E-state index < -0.39 is 12.1 Å². The van der Waals surface area contributed by atoms with Crippen molar-refractivity contribution in [1.29, 1.82) is 0 Å². The summed E-state index contributed by atoms with van der Waals surface area (Å²) >= 11 is 0. The number of fused-ring (bicyclic) bond motifs is 1. The maximum Gasteiger partial charge on any atom is 0.321 e. The van der Waals surface area contributed by atoms with Crippen molar-refractivity contribution in [1.82, 2.24) is 10.6 Å². The standard InChI is InChI=1S/C14H20N4O2/c1-3-15-14(20)17-13(19)10(2)18-9-8-16-11-6-4-5-7-12(11)18/h4-7,10,16H,3,8-9H2,1-2H3,(H2,15,17,19,20). The first-order valence-electron chi connectivity index (χ1n) is 6.81. The van der Waals surface area contributed by atoms with E-state index in [9.17, 15) is 9.59 Å². The Morgan fingerprint density at radius 2 is 2.15 bits per heavy atom. The largest absolute Gasteiger partial charge is 0.382 e. The van der Waals surface area contributed by atoms with E-state index in [4.69, 9.17) is 0 Å². The number of carbonyl (C=O) groups is 2. The van der Waals surface area contributed by atoms with Gasteiger partial charge in [-0.1, -0.05) is 12.1 Å². The Morgan fingerprint density at radius 1 is 1.40 bits per heavy atom. The molecule has 0 spiro atoms. The molecule has 1 aromatic carbocycles. The number of benzene rings is 1. The van der Waals surface area contributed by atoms with E-state index in [1.165, 1.54) is 0 Å². The molecule has 108 valence electrons. The van der Waals surface area contributed by atoms with E-state index in [2.05, 4.69) is 16.0 Å². The van der Waals surface area contributed by atoms with E-state index in [-0.39, 0.29) is 5.91 Å². The number of carbonyl (C=O) groups excluding carboxylic acids is 2. The summed E-state index contributed by atoms with van der Waals surface area (Å²) < 4.78 is 0. The fourth-order valence-corrected chi connectivity index (χ4v) is 2.27. The van der Waals surface area contributed by atoms with Crippen LogP contribution in [0.15, 0.2) is 24.3 Å². The van der Waals surface area contributed by atoms with Gasteiger partial charge in [0.15, 0.2) is 0 Å². The molecule has 1 atom stereocenters. The summed E-state index contributed by atoms with van der Waals surface area (Å²) in [5.74, 6) is -0.298. The third kappa shape index (κ3) is 3.01. The molecule has 0 aromatic heterocycles. The molecule has 1 aliphatic rings. The van der Waals surface area contributed by atoms with Gasteiger partial charge >= 0.3 is 6.03 Å². The van der Waals surface area contributed by atoms with Crippen molar-refractivity contribution >= 4 is 23.3 Å². The highest BCUT2D eigenvalue weighted by Gasteiger charge is 2.26. The first-order chi connectivity index (χ1) is 9.63. The van der Waals surface area contributed by atoms with Crippen LogP contribution in [0.25, 0.3) is 0 Å². The predicted octanol–water partition coefficient (Wildman–Crippen LogP) is 1.15. The summed E-state index contributed by atoms with van der Waals surface area (Å²) in [4.78, 5) is 25.5. The van der Waals surface area contributed by atoms with E-state index in [1.807, 2.05) is 29.2 Å². The topological polar surface area (TPSA) is 73.5 Å². The summed E-state index contributed by atoms with van der Waals surface area (Å²) in [6.45, 7) is 5.59. The number of hydrogen-bond acceptors (Lipinski definition) is 4. The second-order valence-corrected chi connectivity index (χ2v) is 4.66. The maximum absolute atomic E-state index is 12.1. The molecule has 6 heteroatoms. The Hall–Kier alpha value is -2.24. The molecule has 0 fully saturated rings. The Bertz CT molecular complexity index is 504. The fourth-order valence-electron chi connectivity index (χ4n) is 2.27. The maximum atomic E-state index is 12.1. The SMILES string of the molecule is CCNC(=O)NC(=O)C(C)N1CCNc2ccccc21. The van der Waals surface area contributed by atoms with Gasteiger partial charge in [0, 0.05) is 19.6 Å². The molecule has 1 unspecified atom stereocenters. The number of para-hydroxylation sites is 2. The average molecular weight is 276 g/mol. The van der Waals surface area contributed by atoms with Gasteiger partial charge in [0.2, 0.25) is 5.91 Å². The number of anilines is 2. The van der Waals surface area contributed by atoms with Crippen LogP contribution in [0.4, 0.5) is 16.2 Å². The minimum Gasteiger partial charge on any atom is -0.382 e. The highest BCUT2D eigenvalue weighted by Crippen LogP contribution is 2.29. The zero-order chi connectivity index (χ0) is 14.5. The van der Waals surface area contributed by atoms with Crippen LogP contribution >= 0.6 is 0 Å². The zero-order valence-corrected chi connectivity index (χ0v) is 11.8. The minimum absolute atomic E-state index is 0.298. The van der Waals surface area contributed by atoms with Gasteiger partial charge in [0.1, 0.15) is 6.04 Å². The molecule has 6 nitrogen and oxygen atoms in total. The molecule has 1 aromatic rings. The van der Waals surface area contributed by atoms with Gasteiger partial charge in [-0.05, 0) is 26.0 Å². The van der Waals surface area contributed by atoms with Gasteiger partial charge in [0.05, 0.1) is 11.4 Å². The van der Waals surface area contributed by atoms with E-state index in [0.717, 1.165) is 24.5 Å². The number of amides is 3. The van der Waals surface area contributed by atoms with Gasteiger partial charge in [-0.25, -0.2) is 4.79 Å². The molecule has 1 heterocycles. The first-order valence-corrected chi connectivity index (χ1v) is 6.81. The summed E-state index contributed by atoms with van der Waals surface area (Å²) in [5, 5.41) is 8.20. The quantitative estimate of drug-likeness (QED) is 0.774. The van der Waals surface area contributed by atoms with Gasteiger partial charge < -0.3 is 15.5 Å². The summed E-state index contributed by atoms with van der Waals surface area (Å²) in [6, 6.07) is 6.99. The van der Waals surface area contributed by atoms with E-state index in [1.54, 1.807) is 13.8 Å². The van der Waals surface area contributed by atoms with Crippen molar-refractivity contribution < 1.29 is 9.59 Å². The van der Waals surface area contributed by atoms with Crippen LogP contribution in [0, 0.1) is 0 Å². The molecular formula is C14H20N4O2. The second kappa shape index (κ2) is 6.27. The highest BCUT2D eigenvalue weighted by atomic mass is 16.2. The Kier molecular flexibility index (Phi) is 4.45. The van der Waals surface area contributed by atoms with Gasteiger partial charge in [-0.2, -0.15) is 0 Å². The van der Waals surface area contributed by atoms with Crippen LogP contribution in [0.1, 0.15) is 13.8 Å². The van der Waals surface area contributed by atoms with Crippen LogP contribution in [-0.2, 0) is 4.79 Å². The molecule has 0 bridgehead atoms. The van der Waals surface area contributed by atoms with Gasteiger partial charge in [0.25, 0.3) is 0 Å². The van der Waals surface area contributed by atoms with Crippen molar-refractivity contribution in [3.05, 3.63) is 24.3 Å². The molecule has 3 amide bonds. The Labute approximate surface area is 118 Å². The Morgan fingerprint density at radius 3 is 2.90 bits per heavy atom. The Balaban J connectivity index is 2.08. The summed E-state index contributed by atoms with van der Waals surface area (Å²) in [5.41, 5.74) is 1.99. The van der Waals surface area contributed by atoms with Crippen molar-refractivity contribution in [2.45, 2.75) is 19.9 Å². The number of rotatable bonds is 3. The molecule has 0 radical (unpaired) electrons. The fraction of sp³-hybridized carbons (Fsp3) is 0.429. The lowest BCUT2D eigenvalue weighted by atomic mass is 10.1. The minimum atomic E-state index is -0.451. The lowest BCUT2D eigenvalue weighted by Gasteiger charge is -2.35. The summed E-state index contributed by atoms with van der Waals surface area (Å²) in [6.07, 6.45) is 0. The van der Waals surface area contributed by atoms with Crippen molar-refractivity contribution in [2.75, 3.05) is 29.9 Å². The van der Waals surface area contributed by atoms with Crippen LogP contribution in [-0.4, -0.2) is 37.6 Å². The molecule has 0 saturated heterocycles. The lowest BCUT2D eigenvalue weighted by Crippen LogP contribution is -2.51. The van der Waals surface area contributed by atoms with Gasteiger partial charge in [-0.15, -0.1) is 0 Å². The molecule has 1 aliphatic heterocycles. The molecule has 3 N–H and O–H groups in total. The third-order valence-corrected chi connectivity index (χ3v) is 3.30. The first kappa shape index (κ1) is 14.2. The molecule has 0 aliphatic carbocycles. The number of nitrogens with one attached hydrogen (secondary N) is 3. The van der Waals surface area contributed by atoms with Crippen LogP contribution in [0.2, 0.25) is 0 Å². The average Bonchev–Trinajstić information content (AvgIpc) is 2.46. The molecule has 20 heavy (non-hydrogen) atoms. The normalized spacial score (nSPS) is 14.8. The molecular weight excluding hydrogens is 256 g/mol. The number of hydrogen-bond donors (Lipinski definition) is 3. The zero-order valence-electron chi connectivity index (χ0n) is 11.8. The smallest absolute Gasteiger partial charge is 0.321 e. The third-order valence-electron chi connectivity index (χ3n) is 3.30. The van der Waals surface area contributed by atoms with Crippen LogP contribution in [0.5, 0.6) is 0 Å². The monoisotopic (exact) mass is 276 g/mol. The second-order valence-electron chi connectivity index (χ2n) is 4.66. The van der Waals surface area contributed by atoms with Crippen molar-refractivity contribution in [2.24, 2.45) is 0 Å². The summed E-state index contributed by atoms with van der Waals surface area (Å²) in [7, 11) is 0. The number of nitrogens with zero attached hydrogens (tertiary/aromatic N) is 1. The van der Waals surface area contributed by atoms with E-state index in [0.29, 0.717) is 6.54 Å². The predicted molar refractivity (Wildman–Crippen MR) is 79.0 cm³/mol. The van der Waals surface area contributed by atoms with Crippen LogP contribution < -0.4 is 20.9 Å². The molecule has 2 rings (SSSR count). The van der Waals surface area contributed by atoms with Crippen molar-refractivity contribution in [3.63, 3.8) is 0 Å². The lowest BCUT2D eigenvalue weighted by molar-refractivity contribution is -0.121. The van der Waals surface area contributed by atoms with E-state index >= 15 is 0 Å². The van der Waals surface area contributed by atoms with Gasteiger partial charge in [-0.3, -0.25) is 10.1 Å². The highest BCUT2D eigenvalue weighted by molar-refractivity contribution is 5.98. The number of urea groups is 1. The number of imide groups is 1. The van der Waals surface area contributed by atoms with Crippen LogP contribution in [0.3, 0.4) is 0 Å². The van der Waals surface area contributed by atoms with Crippen molar-refractivity contribution in [3.8, 4) is 0 Å².